The molecule has 1 aliphatic heterocycles. The zero-order valence-electron chi connectivity index (χ0n) is 17.4. The highest BCUT2D eigenvalue weighted by molar-refractivity contribution is 14.0. The number of guanidine groups is 1. The first-order chi connectivity index (χ1) is 13.7. The monoisotopic (exact) mass is 514 g/mol. The Labute approximate surface area is 189 Å². The molecule has 1 unspecified atom stereocenters. The number of rotatable bonds is 7. The predicted octanol–water partition coefficient (Wildman–Crippen LogP) is 3.07. The van der Waals surface area contributed by atoms with E-state index in [1.54, 1.807) is 0 Å². The van der Waals surface area contributed by atoms with Crippen molar-refractivity contribution < 1.29 is 9.26 Å². The van der Waals surface area contributed by atoms with E-state index in [2.05, 4.69) is 56.4 Å². The lowest BCUT2D eigenvalue weighted by molar-refractivity contribution is 0.0683. The Bertz CT molecular complexity index is 746. The third-order valence-corrected chi connectivity index (χ3v) is 4.66. The summed E-state index contributed by atoms with van der Waals surface area (Å²) in [6, 6.07) is 10.5. The van der Waals surface area contributed by atoms with E-state index in [0.717, 1.165) is 38.7 Å². The van der Waals surface area contributed by atoms with E-state index in [4.69, 9.17) is 14.3 Å². The van der Waals surface area contributed by atoms with Gasteiger partial charge in [-0.15, -0.1) is 24.0 Å². The molecule has 1 aromatic carbocycles. The number of ether oxygens (including phenoxy) is 1. The van der Waals surface area contributed by atoms with Gasteiger partial charge in [0.15, 0.2) is 11.8 Å². The number of para-hydroxylation sites is 1. The number of nitrogens with zero attached hydrogens (tertiary/aromatic N) is 5. The highest BCUT2D eigenvalue weighted by atomic mass is 127. The maximum atomic E-state index is 5.50. The number of hydrogen-bond acceptors (Lipinski definition) is 6. The topological polar surface area (TPSA) is 79.0 Å². The number of benzene rings is 1. The first-order valence-corrected chi connectivity index (χ1v) is 9.98. The summed E-state index contributed by atoms with van der Waals surface area (Å²) in [6.07, 6.45) is -0.175. The molecular formula is C20H31IN6O2. The van der Waals surface area contributed by atoms with Crippen LogP contribution >= 0.6 is 24.0 Å². The molecule has 0 radical (unpaired) electrons. The van der Waals surface area contributed by atoms with E-state index in [9.17, 15) is 0 Å². The van der Waals surface area contributed by atoms with Gasteiger partial charge in [0.1, 0.15) is 12.6 Å². The molecule has 3 rings (SSSR count). The highest BCUT2D eigenvalue weighted by Crippen LogP contribution is 2.16. The second-order valence-electron chi connectivity index (χ2n) is 6.62. The average Bonchev–Trinajstić information content (AvgIpc) is 3.21. The summed E-state index contributed by atoms with van der Waals surface area (Å²) in [4.78, 5) is 13.8. The van der Waals surface area contributed by atoms with Crippen LogP contribution in [0.1, 0.15) is 38.6 Å². The Hall–Kier alpha value is -1.88. The van der Waals surface area contributed by atoms with Crippen LogP contribution < -0.4 is 10.2 Å². The van der Waals surface area contributed by atoms with E-state index in [1.165, 1.54) is 5.69 Å². The molecule has 29 heavy (non-hydrogen) atoms. The van der Waals surface area contributed by atoms with Crippen LogP contribution in [0.5, 0.6) is 0 Å². The molecule has 1 aromatic heterocycles. The zero-order chi connectivity index (χ0) is 19.8. The van der Waals surface area contributed by atoms with Crippen molar-refractivity contribution in [1.82, 2.24) is 20.4 Å². The van der Waals surface area contributed by atoms with E-state index < -0.39 is 0 Å². The summed E-state index contributed by atoms with van der Waals surface area (Å²) < 4.78 is 10.8. The SMILES string of the molecule is CCNC(=NCc1nc(C(C)OCC)no1)N1CCN(c2ccccc2)CC1.I. The van der Waals surface area contributed by atoms with Crippen molar-refractivity contribution in [3.8, 4) is 0 Å². The second-order valence-corrected chi connectivity index (χ2v) is 6.62. The number of anilines is 1. The van der Waals surface area contributed by atoms with Gasteiger partial charge in [-0.2, -0.15) is 4.98 Å². The average molecular weight is 514 g/mol. The molecule has 1 N–H and O–H groups in total. The summed E-state index contributed by atoms with van der Waals surface area (Å²) >= 11 is 0. The predicted molar refractivity (Wildman–Crippen MR) is 125 cm³/mol. The zero-order valence-corrected chi connectivity index (χ0v) is 19.7. The van der Waals surface area contributed by atoms with Gasteiger partial charge >= 0.3 is 0 Å². The lowest BCUT2D eigenvalue weighted by Crippen LogP contribution is -2.52. The molecule has 2 aromatic rings. The number of hydrogen-bond donors (Lipinski definition) is 1. The summed E-state index contributed by atoms with van der Waals surface area (Å²) in [5.41, 5.74) is 1.27. The van der Waals surface area contributed by atoms with Crippen molar-refractivity contribution in [3.05, 3.63) is 42.0 Å². The molecule has 1 aliphatic rings. The second kappa shape index (κ2) is 12.0. The van der Waals surface area contributed by atoms with Crippen molar-refractivity contribution in [1.29, 1.82) is 0 Å². The summed E-state index contributed by atoms with van der Waals surface area (Å²) in [5.74, 6) is 1.95. The number of halogens is 1. The minimum atomic E-state index is -0.175. The standard InChI is InChI=1S/C20H30N6O2.HI/c1-4-21-20(22-15-18-23-19(24-28-18)16(3)27-5-2)26-13-11-25(12-14-26)17-9-7-6-8-10-17;/h6-10,16H,4-5,11-15H2,1-3H3,(H,21,22);1H. The number of aliphatic imine (C=N–C) groups is 1. The Kier molecular flexibility index (Phi) is 9.65. The van der Waals surface area contributed by atoms with Crippen LogP contribution in [-0.4, -0.2) is 60.3 Å². The molecule has 9 heteroatoms. The van der Waals surface area contributed by atoms with Crippen LogP contribution in [0.4, 0.5) is 5.69 Å². The summed E-state index contributed by atoms with van der Waals surface area (Å²) in [5, 5.41) is 7.36. The minimum Gasteiger partial charge on any atom is -0.371 e. The van der Waals surface area contributed by atoms with Gasteiger partial charge in [0, 0.05) is 45.0 Å². The van der Waals surface area contributed by atoms with Crippen LogP contribution in [0.25, 0.3) is 0 Å². The molecule has 0 bridgehead atoms. The first kappa shape index (κ1) is 23.4. The van der Waals surface area contributed by atoms with Crippen LogP contribution in [0.3, 0.4) is 0 Å². The molecule has 1 atom stereocenters. The lowest BCUT2D eigenvalue weighted by atomic mass is 10.2. The van der Waals surface area contributed by atoms with Gasteiger partial charge in [-0.3, -0.25) is 0 Å². The number of nitrogens with one attached hydrogen (secondary N) is 1. The Morgan fingerprint density at radius 2 is 1.93 bits per heavy atom. The Balaban J connectivity index is 0.00000300. The first-order valence-electron chi connectivity index (χ1n) is 9.98. The molecule has 1 fully saturated rings. The molecule has 160 valence electrons. The molecule has 2 heterocycles. The van der Waals surface area contributed by atoms with Crippen LogP contribution in [0.2, 0.25) is 0 Å². The lowest BCUT2D eigenvalue weighted by Gasteiger charge is -2.37. The fourth-order valence-corrected chi connectivity index (χ4v) is 3.21. The molecule has 0 saturated carbocycles. The van der Waals surface area contributed by atoms with Gasteiger partial charge < -0.3 is 24.4 Å². The van der Waals surface area contributed by atoms with Gasteiger partial charge in [-0.25, -0.2) is 4.99 Å². The van der Waals surface area contributed by atoms with E-state index in [-0.39, 0.29) is 30.1 Å². The maximum absolute atomic E-state index is 5.50. The fourth-order valence-electron chi connectivity index (χ4n) is 3.21. The van der Waals surface area contributed by atoms with Gasteiger partial charge in [-0.1, -0.05) is 23.4 Å². The van der Waals surface area contributed by atoms with Crippen molar-refractivity contribution >= 4 is 35.6 Å². The highest BCUT2D eigenvalue weighted by Gasteiger charge is 2.20. The summed E-state index contributed by atoms with van der Waals surface area (Å²) in [6.45, 7) is 11.5. The Morgan fingerprint density at radius 3 is 2.59 bits per heavy atom. The molecular weight excluding hydrogens is 483 g/mol. The molecule has 1 saturated heterocycles. The van der Waals surface area contributed by atoms with Gasteiger partial charge in [0.25, 0.3) is 0 Å². The molecule has 8 nitrogen and oxygen atoms in total. The maximum Gasteiger partial charge on any atom is 0.248 e. The normalized spacial score (nSPS) is 15.8. The Morgan fingerprint density at radius 1 is 1.21 bits per heavy atom. The van der Waals surface area contributed by atoms with Crippen LogP contribution in [0, 0.1) is 0 Å². The third-order valence-electron chi connectivity index (χ3n) is 4.66. The molecule has 0 spiro atoms. The van der Waals surface area contributed by atoms with Crippen LogP contribution in [-0.2, 0) is 11.3 Å². The van der Waals surface area contributed by atoms with Gasteiger partial charge in [0.05, 0.1) is 0 Å². The van der Waals surface area contributed by atoms with E-state index in [1.807, 2.05) is 19.9 Å². The third kappa shape index (κ3) is 6.56. The number of aromatic nitrogens is 2. The van der Waals surface area contributed by atoms with Crippen molar-refractivity contribution in [2.75, 3.05) is 44.2 Å². The van der Waals surface area contributed by atoms with Crippen molar-refractivity contribution in [2.45, 2.75) is 33.4 Å². The van der Waals surface area contributed by atoms with E-state index in [0.29, 0.717) is 24.9 Å². The number of piperazine rings is 1. The smallest absolute Gasteiger partial charge is 0.248 e. The van der Waals surface area contributed by atoms with Crippen LogP contribution in [0.15, 0.2) is 39.8 Å². The minimum absolute atomic E-state index is 0. The van der Waals surface area contributed by atoms with Gasteiger partial charge in [-0.05, 0) is 32.9 Å². The summed E-state index contributed by atoms with van der Waals surface area (Å²) in [7, 11) is 0. The van der Waals surface area contributed by atoms with Crippen molar-refractivity contribution in [3.63, 3.8) is 0 Å². The van der Waals surface area contributed by atoms with E-state index >= 15 is 0 Å². The molecule has 0 aliphatic carbocycles. The van der Waals surface area contributed by atoms with Crippen molar-refractivity contribution in [2.24, 2.45) is 4.99 Å². The molecule has 0 amide bonds. The largest absolute Gasteiger partial charge is 0.371 e. The quantitative estimate of drug-likeness (QED) is 0.346. The fraction of sp³-hybridized carbons (Fsp3) is 0.550. The van der Waals surface area contributed by atoms with Gasteiger partial charge in [0.2, 0.25) is 5.89 Å².